The van der Waals surface area contributed by atoms with Crippen LogP contribution in [-0.2, 0) is 16.0 Å². The highest BCUT2D eigenvalue weighted by molar-refractivity contribution is 5.71. The Bertz CT molecular complexity index is 496. The first-order valence-electron chi connectivity index (χ1n) is 6.68. The van der Waals surface area contributed by atoms with Gasteiger partial charge >= 0.3 is 5.97 Å². The molecule has 2 unspecified atom stereocenters. The molecule has 0 radical (unpaired) electrons. The Hall–Kier alpha value is -1.35. The summed E-state index contributed by atoms with van der Waals surface area (Å²) in [6.07, 6.45) is 2.47. The number of hydrogen-bond acceptors (Lipinski definition) is 3. The highest BCUT2D eigenvalue weighted by Crippen LogP contribution is 2.33. The molecule has 3 heteroatoms. The Balaban J connectivity index is 1.96. The maximum atomic E-state index is 11.3. The van der Waals surface area contributed by atoms with Gasteiger partial charge in [0.05, 0.1) is 6.04 Å². The Morgan fingerprint density at radius 3 is 2.72 bits per heavy atom. The second-order valence-electron chi connectivity index (χ2n) is 5.38. The van der Waals surface area contributed by atoms with Crippen LogP contribution in [0.4, 0.5) is 0 Å². The van der Waals surface area contributed by atoms with Crippen molar-refractivity contribution in [2.75, 3.05) is 6.54 Å². The molecule has 18 heavy (non-hydrogen) atoms. The lowest BCUT2D eigenvalue weighted by molar-refractivity contribution is -0.142. The molecule has 1 fully saturated rings. The summed E-state index contributed by atoms with van der Waals surface area (Å²) in [4.78, 5) is 11.3. The number of cyclic esters (lactones) is 1. The fourth-order valence-corrected chi connectivity index (χ4v) is 2.99. The van der Waals surface area contributed by atoms with E-state index in [2.05, 4.69) is 31.3 Å². The monoisotopic (exact) mass is 245 g/mol. The second kappa shape index (κ2) is 4.39. The minimum Gasteiger partial charge on any atom is -0.460 e. The van der Waals surface area contributed by atoms with Gasteiger partial charge in [0, 0.05) is 6.42 Å². The van der Waals surface area contributed by atoms with Crippen molar-refractivity contribution in [1.82, 2.24) is 5.32 Å². The van der Waals surface area contributed by atoms with Crippen LogP contribution in [0, 0.1) is 13.8 Å². The minimum atomic E-state index is -0.0576. The van der Waals surface area contributed by atoms with E-state index in [1.165, 1.54) is 22.3 Å². The zero-order valence-corrected chi connectivity index (χ0v) is 11.0. The lowest BCUT2D eigenvalue weighted by Crippen LogP contribution is -2.37. The summed E-state index contributed by atoms with van der Waals surface area (Å²) in [6.45, 7) is 5.26. The van der Waals surface area contributed by atoms with Crippen LogP contribution in [0.25, 0.3) is 0 Å². The van der Waals surface area contributed by atoms with Crippen molar-refractivity contribution in [3.05, 3.63) is 34.4 Å². The van der Waals surface area contributed by atoms with Gasteiger partial charge in [-0.05, 0) is 55.5 Å². The summed E-state index contributed by atoms with van der Waals surface area (Å²) in [6, 6.07) is 4.72. The second-order valence-corrected chi connectivity index (χ2v) is 5.38. The van der Waals surface area contributed by atoms with Crippen molar-refractivity contribution < 1.29 is 9.53 Å². The Kier molecular flexibility index (Phi) is 2.86. The standard InChI is InChI=1S/C15H19NO2/c1-9-7-11-5-6-16-15(12(11)8-10(9)2)13-3-4-14(17)18-13/h7-8,13,15-16H,3-6H2,1-2H3. The molecule has 0 saturated carbocycles. The summed E-state index contributed by atoms with van der Waals surface area (Å²) < 4.78 is 5.43. The van der Waals surface area contributed by atoms with Crippen LogP contribution in [0.5, 0.6) is 0 Å². The summed E-state index contributed by atoms with van der Waals surface area (Å²) in [5.74, 6) is -0.0576. The van der Waals surface area contributed by atoms with Gasteiger partial charge < -0.3 is 10.1 Å². The number of rotatable bonds is 1. The quantitative estimate of drug-likeness (QED) is 0.771. The number of esters is 1. The van der Waals surface area contributed by atoms with E-state index in [0.717, 1.165) is 19.4 Å². The van der Waals surface area contributed by atoms with Crippen molar-refractivity contribution in [1.29, 1.82) is 0 Å². The Morgan fingerprint density at radius 2 is 2.00 bits per heavy atom. The number of hydrogen-bond donors (Lipinski definition) is 1. The number of ether oxygens (including phenoxy) is 1. The SMILES string of the molecule is Cc1cc2c(cc1C)C(C1CCC(=O)O1)NCC2. The van der Waals surface area contributed by atoms with E-state index in [1.807, 2.05) is 0 Å². The molecule has 0 aromatic heterocycles. The number of carbonyl (C=O) groups excluding carboxylic acids is 1. The van der Waals surface area contributed by atoms with Gasteiger partial charge in [0.25, 0.3) is 0 Å². The normalized spacial score (nSPS) is 26.9. The first kappa shape index (κ1) is 11.7. The number of carbonyl (C=O) groups is 1. The molecule has 3 nitrogen and oxygen atoms in total. The molecule has 0 spiro atoms. The molecular formula is C15H19NO2. The molecule has 2 atom stereocenters. The molecule has 96 valence electrons. The molecular weight excluding hydrogens is 226 g/mol. The maximum absolute atomic E-state index is 11.3. The summed E-state index contributed by atoms with van der Waals surface area (Å²) in [5.41, 5.74) is 5.39. The van der Waals surface area contributed by atoms with Crippen LogP contribution in [0.2, 0.25) is 0 Å². The summed E-state index contributed by atoms with van der Waals surface area (Å²) >= 11 is 0. The fourth-order valence-electron chi connectivity index (χ4n) is 2.99. The van der Waals surface area contributed by atoms with Crippen LogP contribution < -0.4 is 5.32 Å². The van der Waals surface area contributed by atoms with E-state index in [4.69, 9.17) is 4.74 Å². The third-order valence-electron chi connectivity index (χ3n) is 4.14. The van der Waals surface area contributed by atoms with Crippen molar-refractivity contribution in [3.63, 3.8) is 0 Å². The molecule has 1 aromatic carbocycles. The average molecular weight is 245 g/mol. The summed E-state index contributed by atoms with van der Waals surface area (Å²) in [7, 11) is 0. The Labute approximate surface area is 108 Å². The average Bonchev–Trinajstić information content (AvgIpc) is 2.77. The smallest absolute Gasteiger partial charge is 0.306 e. The first-order chi connectivity index (χ1) is 8.65. The van der Waals surface area contributed by atoms with E-state index in [-0.39, 0.29) is 18.1 Å². The van der Waals surface area contributed by atoms with Gasteiger partial charge in [-0.25, -0.2) is 0 Å². The number of benzene rings is 1. The lowest BCUT2D eigenvalue weighted by Gasteiger charge is -2.31. The molecule has 3 rings (SSSR count). The van der Waals surface area contributed by atoms with E-state index >= 15 is 0 Å². The third kappa shape index (κ3) is 1.93. The predicted octanol–water partition coefficient (Wildman–Crippen LogP) is 2.20. The van der Waals surface area contributed by atoms with Crippen LogP contribution in [0.3, 0.4) is 0 Å². The maximum Gasteiger partial charge on any atom is 0.306 e. The predicted molar refractivity (Wildman–Crippen MR) is 69.5 cm³/mol. The molecule has 0 aliphatic carbocycles. The molecule has 2 aliphatic rings. The number of aryl methyl sites for hydroxylation is 2. The number of fused-ring (bicyclic) bond motifs is 1. The van der Waals surface area contributed by atoms with Gasteiger partial charge in [-0.15, -0.1) is 0 Å². The van der Waals surface area contributed by atoms with Gasteiger partial charge in [0.1, 0.15) is 6.10 Å². The number of nitrogens with one attached hydrogen (secondary N) is 1. The topological polar surface area (TPSA) is 38.3 Å². The highest BCUT2D eigenvalue weighted by Gasteiger charge is 2.34. The lowest BCUT2D eigenvalue weighted by atomic mass is 9.87. The van der Waals surface area contributed by atoms with E-state index in [9.17, 15) is 4.79 Å². The van der Waals surface area contributed by atoms with Crippen LogP contribution in [0.1, 0.15) is 41.1 Å². The third-order valence-corrected chi connectivity index (χ3v) is 4.14. The van der Waals surface area contributed by atoms with E-state index in [1.54, 1.807) is 0 Å². The zero-order chi connectivity index (χ0) is 12.7. The van der Waals surface area contributed by atoms with E-state index < -0.39 is 0 Å². The van der Waals surface area contributed by atoms with Crippen molar-refractivity contribution in [2.24, 2.45) is 0 Å². The van der Waals surface area contributed by atoms with Gasteiger partial charge in [-0.2, -0.15) is 0 Å². The molecule has 1 N–H and O–H groups in total. The zero-order valence-electron chi connectivity index (χ0n) is 11.0. The van der Waals surface area contributed by atoms with Gasteiger partial charge in [-0.3, -0.25) is 4.79 Å². The van der Waals surface area contributed by atoms with Crippen LogP contribution in [-0.4, -0.2) is 18.6 Å². The largest absolute Gasteiger partial charge is 0.460 e. The van der Waals surface area contributed by atoms with E-state index in [0.29, 0.717) is 6.42 Å². The molecule has 0 bridgehead atoms. The van der Waals surface area contributed by atoms with Crippen LogP contribution >= 0.6 is 0 Å². The summed E-state index contributed by atoms with van der Waals surface area (Å²) in [5, 5.41) is 3.51. The van der Waals surface area contributed by atoms with Gasteiger partial charge in [0.15, 0.2) is 0 Å². The van der Waals surface area contributed by atoms with Crippen molar-refractivity contribution in [3.8, 4) is 0 Å². The van der Waals surface area contributed by atoms with Gasteiger partial charge in [0.2, 0.25) is 0 Å². The highest BCUT2D eigenvalue weighted by atomic mass is 16.5. The Morgan fingerprint density at radius 1 is 1.22 bits per heavy atom. The molecule has 2 heterocycles. The van der Waals surface area contributed by atoms with Crippen LogP contribution in [0.15, 0.2) is 12.1 Å². The van der Waals surface area contributed by atoms with Gasteiger partial charge in [-0.1, -0.05) is 12.1 Å². The molecule has 2 aliphatic heterocycles. The molecule has 0 amide bonds. The molecule has 1 saturated heterocycles. The minimum absolute atomic E-state index is 0.0126. The fraction of sp³-hybridized carbons (Fsp3) is 0.533. The van der Waals surface area contributed by atoms with Crippen molar-refractivity contribution >= 4 is 5.97 Å². The first-order valence-corrected chi connectivity index (χ1v) is 6.68. The molecule has 1 aromatic rings. The van der Waals surface area contributed by atoms with Crippen molar-refractivity contribution in [2.45, 2.75) is 45.3 Å².